The van der Waals surface area contributed by atoms with Crippen molar-refractivity contribution in [2.45, 2.75) is 69.1 Å². The van der Waals surface area contributed by atoms with Crippen LogP contribution in [0.15, 0.2) is 0 Å². The Morgan fingerprint density at radius 1 is 1.04 bits per heavy atom. The second-order valence-corrected chi connectivity index (χ2v) is 11.3. The maximum absolute atomic E-state index is 13.4. The number of hydrogen-bond donors (Lipinski definition) is 0. The molecule has 2 amide bonds. The third-order valence-electron chi connectivity index (χ3n) is 7.04. The van der Waals surface area contributed by atoms with E-state index >= 15 is 0 Å². The maximum atomic E-state index is 13.4. The molecule has 0 N–H and O–H groups in total. The Labute approximate surface area is 156 Å². The number of carbonyl (C=O) groups is 2. The van der Waals surface area contributed by atoms with Crippen LogP contribution in [0.1, 0.15) is 58.3 Å². The summed E-state index contributed by atoms with van der Waals surface area (Å²) < 4.78 is 24.5. The van der Waals surface area contributed by atoms with Gasteiger partial charge in [-0.1, -0.05) is 19.3 Å². The van der Waals surface area contributed by atoms with Gasteiger partial charge in [0, 0.05) is 32.6 Å². The van der Waals surface area contributed by atoms with Crippen LogP contribution in [0.2, 0.25) is 0 Å². The van der Waals surface area contributed by atoms with Gasteiger partial charge in [-0.3, -0.25) is 9.59 Å². The highest BCUT2D eigenvalue weighted by atomic mass is 32.2. The largest absolute Gasteiger partial charge is 0.340 e. The molecule has 1 spiro atoms. The summed E-state index contributed by atoms with van der Waals surface area (Å²) in [4.78, 5) is 28.6. The average Bonchev–Trinajstić information content (AvgIpc) is 3.35. The van der Waals surface area contributed by atoms with Crippen LogP contribution in [0.4, 0.5) is 0 Å². The van der Waals surface area contributed by atoms with Crippen molar-refractivity contribution in [2.75, 3.05) is 25.4 Å². The maximum Gasteiger partial charge on any atom is 0.227 e. The zero-order valence-corrected chi connectivity index (χ0v) is 16.5. The van der Waals surface area contributed by atoms with Gasteiger partial charge in [-0.05, 0) is 38.0 Å². The smallest absolute Gasteiger partial charge is 0.227 e. The SMILES string of the molecule is CC(=O)N1CC2(C1)C(C(=O)N(CC1CCCCC1)C1CC1)CCS2(=O)=O. The number of hydrogen-bond acceptors (Lipinski definition) is 4. The summed E-state index contributed by atoms with van der Waals surface area (Å²) in [5, 5.41) is 0. The Hall–Kier alpha value is -1.11. The zero-order chi connectivity index (χ0) is 18.5. The van der Waals surface area contributed by atoms with Crippen molar-refractivity contribution in [3.05, 3.63) is 0 Å². The van der Waals surface area contributed by atoms with E-state index in [0.29, 0.717) is 18.4 Å². The molecule has 0 radical (unpaired) electrons. The minimum atomic E-state index is -3.32. The number of likely N-dealkylation sites (tertiary alicyclic amines) is 1. The van der Waals surface area contributed by atoms with Crippen LogP contribution >= 0.6 is 0 Å². The van der Waals surface area contributed by atoms with Crippen molar-refractivity contribution in [1.82, 2.24) is 9.80 Å². The van der Waals surface area contributed by atoms with Gasteiger partial charge in [-0.15, -0.1) is 0 Å². The van der Waals surface area contributed by atoms with Gasteiger partial charge >= 0.3 is 0 Å². The quantitative estimate of drug-likeness (QED) is 0.740. The van der Waals surface area contributed by atoms with E-state index in [-0.39, 0.29) is 30.7 Å². The molecule has 2 aliphatic carbocycles. The van der Waals surface area contributed by atoms with Crippen LogP contribution in [0.25, 0.3) is 0 Å². The predicted octanol–water partition coefficient (Wildman–Crippen LogP) is 1.59. The first-order chi connectivity index (χ1) is 12.3. The van der Waals surface area contributed by atoms with Crippen molar-refractivity contribution >= 4 is 21.7 Å². The van der Waals surface area contributed by atoms with Crippen LogP contribution < -0.4 is 0 Å². The van der Waals surface area contributed by atoms with Gasteiger partial charge in [0.05, 0.1) is 11.7 Å². The fourth-order valence-electron chi connectivity index (χ4n) is 5.20. The zero-order valence-electron chi connectivity index (χ0n) is 15.7. The molecular weight excluding hydrogens is 352 g/mol. The first-order valence-corrected chi connectivity index (χ1v) is 11.8. The first kappa shape index (κ1) is 18.3. The highest BCUT2D eigenvalue weighted by molar-refractivity contribution is 7.93. The van der Waals surface area contributed by atoms with E-state index < -0.39 is 20.5 Å². The molecule has 146 valence electrons. The van der Waals surface area contributed by atoms with Gasteiger partial charge < -0.3 is 9.80 Å². The summed E-state index contributed by atoms with van der Waals surface area (Å²) in [6, 6.07) is 0.314. The van der Waals surface area contributed by atoms with E-state index in [0.717, 1.165) is 19.4 Å². The lowest BCUT2D eigenvalue weighted by Crippen LogP contribution is -2.70. The third-order valence-corrected chi connectivity index (χ3v) is 9.60. The molecule has 1 unspecified atom stereocenters. The second-order valence-electron chi connectivity index (χ2n) is 8.83. The Balaban J connectivity index is 1.52. The highest BCUT2D eigenvalue weighted by Gasteiger charge is 2.65. The normalized spacial score (nSPS) is 30.2. The minimum absolute atomic E-state index is 0.0438. The summed E-state index contributed by atoms with van der Waals surface area (Å²) in [5.74, 6) is 0.120. The van der Waals surface area contributed by atoms with E-state index in [2.05, 4.69) is 0 Å². The molecule has 6 nitrogen and oxygen atoms in total. The molecule has 4 fully saturated rings. The second kappa shape index (κ2) is 6.50. The number of sulfone groups is 1. The molecule has 0 aromatic heterocycles. The summed E-state index contributed by atoms with van der Waals surface area (Å²) >= 11 is 0. The molecule has 2 heterocycles. The number of amides is 2. The molecular formula is C19H30N2O4S. The molecule has 0 bridgehead atoms. The minimum Gasteiger partial charge on any atom is -0.340 e. The average molecular weight is 383 g/mol. The van der Waals surface area contributed by atoms with Crippen molar-refractivity contribution in [3.8, 4) is 0 Å². The monoisotopic (exact) mass is 382 g/mol. The number of rotatable bonds is 4. The Morgan fingerprint density at radius 3 is 2.27 bits per heavy atom. The van der Waals surface area contributed by atoms with Crippen LogP contribution in [0.5, 0.6) is 0 Å². The fourth-order valence-corrected chi connectivity index (χ4v) is 7.51. The van der Waals surface area contributed by atoms with Gasteiger partial charge in [0.25, 0.3) is 0 Å². The van der Waals surface area contributed by atoms with Crippen molar-refractivity contribution in [1.29, 1.82) is 0 Å². The highest BCUT2D eigenvalue weighted by Crippen LogP contribution is 2.46. The lowest BCUT2D eigenvalue weighted by Gasteiger charge is -2.49. The lowest BCUT2D eigenvalue weighted by atomic mass is 9.81. The van der Waals surface area contributed by atoms with Gasteiger partial charge in [-0.2, -0.15) is 0 Å². The Morgan fingerprint density at radius 2 is 1.69 bits per heavy atom. The Kier molecular flexibility index (Phi) is 4.56. The van der Waals surface area contributed by atoms with Gasteiger partial charge in [0.15, 0.2) is 9.84 Å². The topological polar surface area (TPSA) is 74.8 Å². The van der Waals surface area contributed by atoms with E-state index in [4.69, 9.17) is 0 Å². The van der Waals surface area contributed by atoms with E-state index in [9.17, 15) is 18.0 Å². The number of carbonyl (C=O) groups excluding carboxylic acids is 2. The molecule has 4 rings (SSSR count). The molecule has 2 saturated carbocycles. The molecule has 26 heavy (non-hydrogen) atoms. The Bertz CT molecular complexity index is 688. The predicted molar refractivity (Wildman–Crippen MR) is 98.2 cm³/mol. The molecule has 4 aliphatic rings. The summed E-state index contributed by atoms with van der Waals surface area (Å²) in [5.41, 5.74) is 0. The van der Waals surface area contributed by atoms with Gasteiger partial charge in [-0.25, -0.2) is 8.42 Å². The van der Waals surface area contributed by atoms with Crippen molar-refractivity contribution in [3.63, 3.8) is 0 Å². The van der Waals surface area contributed by atoms with Crippen molar-refractivity contribution in [2.24, 2.45) is 11.8 Å². The molecule has 2 saturated heterocycles. The first-order valence-electron chi connectivity index (χ1n) is 10.1. The molecule has 7 heteroatoms. The summed E-state index contributed by atoms with van der Waals surface area (Å²) in [6.07, 6.45) is 8.65. The molecule has 0 aromatic rings. The number of nitrogens with zero attached hydrogens (tertiary/aromatic N) is 2. The molecule has 0 aromatic carbocycles. The van der Waals surface area contributed by atoms with E-state index in [1.807, 2.05) is 4.90 Å². The standard InChI is InChI=1S/C19H30N2O4S/c1-14(22)20-12-19(13-20)17(9-10-26(19,24)25)18(23)21(16-7-8-16)11-15-5-3-2-4-6-15/h15-17H,2-13H2,1H3. The molecule has 1 atom stereocenters. The van der Waals surface area contributed by atoms with Gasteiger partial charge in [0.1, 0.15) is 4.75 Å². The van der Waals surface area contributed by atoms with E-state index in [1.165, 1.54) is 39.0 Å². The van der Waals surface area contributed by atoms with Gasteiger partial charge in [0.2, 0.25) is 11.8 Å². The molecule has 2 aliphatic heterocycles. The lowest BCUT2D eigenvalue weighted by molar-refractivity contribution is -0.144. The van der Waals surface area contributed by atoms with Crippen LogP contribution in [0, 0.1) is 11.8 Å². The van der Waals surface area contributed by atoms with Crippen LogP contribution in [-0.2, 0) is 19.4 Å². The summed E-state index contributed by atoms with van der Waals surface area (Å²) in [6.45, 7) is 2.66. The fraction of sp³-hybridized carbons (Fsp3) is 0.895. The van der Waals surface area contributed by atoms with Crippen LogP contribution in [-0.4, -0.2) is 66.2 Å². The van der Waals surface area contributed by atoms with E-state index in [1.54, 1.807) is 4.90 Å². The van der Waals surface area contributed by atoms with Crippen LogP contribution in [0.3, 0.4) is 0 Å². The van der Waals surface area contributed by atoms with Crippen molar-refractivity contribution < 1.29 is 18.0 Å². The summed E-state index contributed by atoms with van der Waals surface area (Å²) in [7, 11) is -3.32. The third kappa shape index (κ3) is 2.96.